The summed E-state index contributed by atoms with van der Waals surface area (Å²) in [5, 5.41) is 4.15. The van der Waals surface area contributed by atoms with E-state index < -0.39 is 17.3 Å². The van der Waals surface area contributed by atoms with E-state index in [2.05, 4.69) is 5.10 Å². The topological polar surface area (TPSA) is 60.1 Å². The number of fused-ring (bicyclic) bond motifs is 1. The Kier molecular flexibility index (Phi) is 3.87. The number of benzene rings is 2. The average Bonchev–Trinajstić information content (AvgIpc) is 2.98. The molecule has 0 aliphatic carbocycles. The van der Waals surface area contributed by atoms with Gasteiger partial charge in [0.2, 0.25) is 0 Å². The van der Waals surface area contributed by atoms with Crippen LogP contribution in [0.2, 0.25) is 0 Å². The van der Waals surface area contributed by atoms with Gasteiger partial charge in [-0.05, 0) is 24.3 Å². The van der Waals surface area contributed by atoms with Gasteiger partial charge < -0.3 is 4.90 Å². The molecule has 1 amide bonds. The zero-order valence-corrected chi connectivity index (χ0v) is 13.6. The van der Waals surface area contributed by atoms with Crippen molar-refractivity contribution in [3.05, 3.63) is 82.0 Å². The van der Waals surface area contributed by atoms with Gasteiger partial charge >= 0.3 is 5.69 Å². The summed E-state index contributed by atoms with van der Waals surface area (Å²) in [7, 11) is 0. The molecule has 132 valence electrons. The predicted molar refractivity (Wildman–Crippen MR) is 88.9 cm³/mol. The number of nitrogens with zero attached hydrogens (tertiary/aromatic N) is 4. The van der Waals surface area contributed by atoms with E-state index in [1.807, 2.05) is 6.07 Å². The Morgan fingerprint density at radius 1 is 1.04 bits per heavy atom. The fourth-order valence-corrected chi connectivity index (χ4v) is 3.00. The molecule has 2 heterocycles. The van der Waals surface area contributed by atoms with Gasteiger partial charge in [0.15, 0.2) is 11.6 Å². The zero-order valence-electron chi connectivity index (χ0n) is 13.6. The van der Waals surface area contributed by atoms with Crippen LogP contribution < -0.4 is 5.69 Å². The molecule has 0 fully saturated rings. The largest absolute Gasteiger partial charge is 0.350 e. The molecule has 0 spiro atoms. The lowest BCUT2D eigenvalue weighted by Gasteiger charge is -2.26. The maximum atomic E-state index is 14.0. The van der Waals surface area contributed by atoms with Gasteiger partial charge in [0, 0.05) is 24.7 Å². The lowest BCUT2D eigenvalue weighted by Crippen LogP contribution is -2.40. The van der Waals surface area contributed by atoms with Crippen LogP contribution in [0.25, 0.3) is 5.69 Å². The molecule has 1 aliphatic heterocycles. The fourth-order valence-electron chi connectivity index (χ4n) is 3.00. The normalized spacial score (nSPS) is 13.5. The van der Waals surface area contributed by atoms with Gasteiger partial charge in [-0.3, -0.25) is 9.36 Å². The Hall–Kier alpha value is -3.29. The lowest BCUT2D eigenvalue weighted by atomic mass is 10.2. The highest BCUT2D eigenvalue weighted by molar-refractivity contribution is 5.94. The summed E-state index contributed by atoms with van der Waals surface area (Å²) < 4.78 is 29.4. The van der Waals surface area contributed by atoms with Crippen LogP contribution in [0.4, 0.5) is 8.78 Å². The summed E-state index contributed by atoms with van der Waals surface area (Å²) in [5.74, 6) is -1.41. The molecule has 0 radical (unpaired) electrons. The zero-order chi connectivity index (χ0) is 18.3. The molecule has 0 N–H and O–H groups in total. The van der Waals surface area contributed by atoms with Crippen molar-refractivity contribution < 1.29 is 13.6 Å². The fraction of sp³-hybridized carbons (Fsp3) is 0.167. The van der Waals surface area contributed by atoms with Crippen LogP contribution in [-0.2, 0) is 13.1 Å². The highest BCUT2D eigenvalue weighted by atomic mass is 19.1. The van der Waals surface area contributed by atoms with E-state index in [4.69, 9.17) is 0 Å². The summed E-state index contributed by atoms with van der Waals surface area (Å²) in [6.45, 7) is 0.743. The van der Waals surface area contributed by atoms with E-state index in [0.29, 0.717) is 24.0 Å². The SMILES string of the molecule is O=C(c1ccccc1)N1CCn2c(nn(-c3ccc(F)cc3F)c2=O)C1. The third-order valence-electron chi connectivity index (χ3n) is 4.31. The second-order valence-electron chi connectivity index (χ2n) is 5.95. The second-order valence-corrected chi connectivity index (χ2v) is 5.95. The maximum Gasteiger partial charge on any atom is 0.350 e. The van der Waals surface area contributed by atoms with Crippen molar-refractivity contribution in [2.45, 2.75) is 13.1 Å². The van der Waals surface area contributed by atoms with Gasteiger partial charge in [-0.15, -0.1) is 5.10 Å². The number of carbonyl (C=O) groups is 1. The van der Waals surface area contributed by atoms with E-state index in [1.54, 1.807) is 29.2 Å². The monoisotopic (exact) mass is 356 g/mol. The average molecular weight is 356 g/mol. The van der Waals surface area contributed by atoms with E-state index >= 15 is 0 Å². The van der Waals surface area contributed by atoms with Gasteiger partial charge in [-0.1, -0.05) is 18.2 Å². The number of aromatic nitrogens is 3. The summed E-state index contributed by atoms with van der Waals surface area (Å²) >= 11 is 0. The Balaban J connectivity index is 1.67. The van der Waals surface area contributed by atoms with Crippen molar-refractivity contribution in [2.75, 3.05) is 6.54 Å². The van der Waals surface area contributed by atoms with E-state index in [0.717, 1.165) is 16.8 Å². The van der Waals surface area contributed by atoms with Crippen molar-refractivity contribution >= 4 is 5.91 Å². The molecule has 1 aliphatic rings. The highest BCUT2D eigenvalue weighted by Crippen LogP contribution is 2.16. The van der Waals surface area contributed by atoms with Gasteiger partial charge in [-0.25, -0.2) is 13.6 Å². The van der Waals surface area contributed by atoms with E-state index in [-0.39, 0.29) is 24.7 Å². The van der Waals surface area contributed by atoms with Gasteiger partial charge in [0.1, 0.15) is 11.5 Å². The predicted octanol–water partition coefficient (Wildman–Crippen LogP) is 1.97. The molecular weight excluding hydrogens is 342 g/mol. The van der Waals surface area contributed by atoms with Crippen LogP contribution in [0.15, 0.2) is 53.3 Å². The minimum Gasteiger partial charge on any atom is -0.329 e. The molecular formula is C18H14F2N4O2. The Morgan fingerprint density at radius 2 is 1.81 bits per heavy atom. The first kappa shape index (κ1) is 16.2. The van der Waals surface area contributed by atoms with Crippen molar-refractivity contribution in [1.29, 1.82) is 0 Å². The molecule has 4 rings (SSSR count). The molecule has 6 nitrogen and oxygen atoms in total. The molecule has 8 heteroatoms. The number of hydrogen-bond acceptors (Lipinski definition) is 3. The highest BCUT2D eigenvalue weighted by Gasteiger charge is 2.26. The van der Waals surface area contributed by atoms with Crippen LogP contribution in [0, 0.1) is 11.6 Å². The van der Waals surface area contributed by atoms with Crippen LogP contribution in [-0.4, -0.2) is 31.7 Å². The number of amides is 1. The van der Waals surface area contributed by atoms with Crippen molar-refractivity contribution in [3.63, 3.8) is 0 Å². The maximum absolute atomic E-state index is 14.0. The molecule has 0 atom stereocenters. The standard InChI is InChI=1S/C18H14F2N4O2/c19-13-6-7-15(14(20)10-13)24-18(26)23-9-8-22(11-16(23)21-24)17(25)12-4-2-1-3-5-12/h1-7,10H,8-9,11H2. The molecule has 1 aromatic heterocycles. The quantitative estimate of drug-likeness (QED) is 0.705. The summed E-state index contributed by atoms with van der Waals surface area (Å²) in [6, 6.07) is 11.7. The third-order valence-corrected chi connectivity index (χ3v) is 4.31. The summed E-state index contributed by atoms with van der Waals surface area (Å²) in [4.78, 5) is 26.6. The molecule has 26 heavy (non-hydrogen) atoms. The minimum absolute atomic E-state index is 0.126. The van der Waals surface area contributed by atoms with Crippen LogP contribution in [0.3, 0.4) is 0 Å². The molecule has 0 saturated carbocycles. The van der Waals surface area contributed by atoms with Crippen LogP contribution in [0.1, 0.15) is 16.2 Å². The third kappa shape index (κ3) is 2.69. The Labute approximate surface area is 146 Å². The number of hydrogen-bond donors (Lipinski definition) is 0. The van der Waals surface area contributed by atoms with Crippen molar-refractivity contribution in [1.82, 2.24) is 19.2 Å². The smallest absolute Gasteiger partial charge is 0.329 e. The number of halogens is 2. The summed E-state index contributed by atoms with van der Waals surface area (Å²) in [6.07, 6.45) is 0. The first-order chi connectivity index (χ1) is 12.5. The number of carbonyl (C=O) groups excluding carboxylic acids is 1. The van der Waals surface area contributed by atoms with Crippen LogP contribution in [0.5, 0.6) is 0 Å². The second kappa shape index (κ2) is 6.21. The van der Waals surface area contributed by atoms with Crippen LogP contribution >= 0.6 is 0 Å². The van der Waals surface area contributed by atoms with Gasteiger partial charge in [0.25, 0.3) is 5.91 Å². The molecule has 0 bridgehead atoms. The van der Waals surface area contributed by atoms with Crippen molar-refractivity contribution in [2.24, 2.45) is 0 Å². The van der Waals surface area contributed by atoms with Gasteiger partial charge in [0.05, 0.1) is 6.54 Å². The molecule has 3 aromatic rings. The van der Waals surface area contributed by atoms with Gasteiger partial charge in [-0.2, -0.15) is 4.68 Å². The first-order valence-electron chi connectivity index (χ1n) is 8.03. The van der Waals surface area contributed by atoms with Crippen molar-refractivity contribution in [3.8, 4) is 5.69 Å². The first-order valence-corrected chi connectivity index (χ1v) is 8.03. The molecule has 2 aromatic carbocycles. The lowest BCUT2D eigenvalue weighted by molar-refractivity contribution is 0.0706. The summed E-state index contributed by atoms with van der Waals surface area (Å²) in [5.41, 5.74) is -0.0936. The Morgan fingerprint density at radius 3 is 2.54 bits per heavy atom. The molecule has 0 unspecified atom stereocenters. The minimum atomic E-state index is -0.875. The Bertz CT molecular complexity index is 1040. The number of rotatable bonds is 2. The van der Waals surface area contributed by atoms with E-state index in [1.165, 1.54) is 4.57 Å². The molecule has 0 saturated heterocycles. The van der Waals surface area contributed by atoms with E-state index in [9.17, 15) is 18.4 Å².